The summed E-state index contributed by atoms with van der Waals surface area (Å²) >= 11 is 7.72. The average Bonchev–Trinajstić information content (AvgIpc) is 2.75. The highest BCUT2D eigenvalue weighted by Crippen LogP contribution is 2.33. The van der Waals surface area contributed by atoms with Gasteiger partial charge in [0.1, 0.15) is 5.82 Å². The molecule has 0 fully saturated rings. The molecule has 2 heterocycles. The molecular weight excluding hydrogens is 294 g/mol. The number of aromatic nitrogens is 3. The van der Waals surface area contributed by atoms with Crippen molar-refractivity contribution < 1.29 is 0 Å². The third-order valence-corrected chi connectivity index (χ3v) is 4.62. The van der Waals surface area contributed by atoms with Crippen LogP contribution in [0.25, 0.3) is 0 Å². The summed E-state index contributed by atoms with van der Waals surface area (Å²) in [6.07, 6.45) is 1.63. The number of nitrogens with one attached hydrogen (secondary N) is 1. The maximum absolute atomic E-state index is 6.14. The first kappa shape index (κ1) is 15.0. The lowest BCUT2D eigenvalue weighted by Gasteiger charge is -2.15. The fraction of sp³-hybridized carbons (Fsp3) is 0.462. The summed E-state index contributed by atoms with van der Waals surface area (Å²) in [6, 6.07) is 2.22. The van der Waals surface area contributed by atoms with E-state index in [2.05, 4.69) is 33.3 Å². The van der Waals surface area contributed by atoms with Crippen molar-refractivity contribution in [3.05, 3.63) is 26.7 Å². The monoisotopic (exact) mass is 311 g/mol. The molecule has 108 valence electrons. The van der Waals surface area contributed by atoms with Crippen LogP contribution in [0.15, 0.2) is 6.07 Å². The van der Waals surface area contributed by atoms with Crippen molar-refractivity contribution in [3.63, 3.8) is 0 Å². The molecule has 5 nitrogen and oxygen atoms in total. The normalized spacial score (nSPS) is 12.4. The maximum Gasteiger partial charge on any atom is 0.228 e. The van der Waals surface area contributed by atoms with Crippen LogP contribution < -0.4 is 11.1 Å². The zero-order valence-corrected chi connectivity index (χ0v) is 13.3. The summed E-state index contributed by atoms with van der Waals surface area (Å²) < 4.78 is 0.824. The van der Waals surface area contributed by atoms with Gasteiger partial charge in [-0.1, -0.05) is 25.4 Å². The van der Waals surface area contributed by atoms with E-state index in [1.807, 2.05) is 13.8 Å². The molecule has 0 amide bonds. The first-order valence-electron chi connectivity index (χ1n) is 6.56. The fourth-order valence-corrected chi connectivity index (χ4v) is 3.20. The summed E-state index contributed by atoms with van der Waals surface area (Å²) in [5.41, 5.74) is 6.79. The van der Waals surface area contributed by atoms with Crippen molar-refractivity contribution in [2.45, 2.75) is 39.7 Å². The van der Waals surface area contributed by atoms with Gasteiger partial charge in [-0.25, -0.2) is 0 Å². The van der Waals surface area contributed by atoms with Gasteiger partial charge in [0.05, 0.1) is 10.4 Å². The van der Waals surface area contributed by atoms with Gasteiger partial charge in [0.15, 0.2) is 0 Å². The molecule has 2 aromatic heterocycles. The number of hydrogen-bond donors (Lipinski definition) is 2. The Kier molecular flexibility index (Phi) is 4.77. The van der Waals surface area contributed by atoms with Crippen LogP contribution in [0.2, 0.25) is 4.34 Å². The Balaban J connectivity index is 2.24. The fourth-order valence-electron chi connectivity index (χ4n) is 1.85. The second-order valence-electron chi connectivity index (χ2n) is 4.50. The van der Waals surface area contributed by atoms with E-state index in [0.29, 0.717) is 11.8 Å². The van der Waals surface area contributed by atoms with Gasteiger partial charge in [-0.3, -0.25) is 0 Å². The van der Waals surface area contributed by atoms with Crippen LogP contribution in [0.3, 0.4) is 0 Å². The number of halogens is 1. The van der Waals surface area contributed by atoms with Gasteiger partial charge >= 0.3 is 0 Å². The Morgan fingerprint density at radius 3 is 2.65 bits per heavy atom. The second kappa shape index (κ2) is 6.37. The molecule has 2 aromatic rings. The summed E-state index contributed by atoms with van der Waals surface area (Å²) in [6.45, 7) is 6.09. The van der Waals surface area contributed by atoms with Gasteiger partial charge in [0.2, 0.25) is 11.9 Å². The molecule has 0 radical (unpaired) electrons. The Morgan fingerprint density at radius 1 is 1.35 bits per heavy atom. The quantitative estimate of drug-likeness (QED) is 0.882. The van der Waals surface area contributed by atoms with Gasteiger partial charge in [-0.2, -0.15) is 15.0 Å². The van der Waals surface area contributed by atoms with E-state index < -0.39 is 0 Å². The highest BCUT2D eigenvalue weighted by Gasteiger charge is 2.15. The molecule has 1 atom stereocenters. The van der Waals surface area contributed by atoms with Crippen LogP contribution in [0, 0.1) is 6.92 Å². The molecule has 0 aliphatic rings. The minimum absolute atomic E-state index is 0.123. The van der Waals surface area contributed by atoms with Gasteiger partial charge in [0, 0.05) is 11.3 Å². The van der Waals surface area contributed by atoms with Crippen LogP contribution in [0.5, 0.6) is 0 Å². The van der Waals surface area contributed by atoms with E-state index >= 15 is 0 Å². The number of nitrogens with two attached hydrogens (primary N) is 1. The van der Waals surface area contributed by atoms with Gasteiger partial charge in [-0.05, 0) is 25.0 Å². The zero-order valence-electron chi connectivity index (χ0n) is 11.8. The second-order valence-corrected chi connectivity index (χ2v) is 6.18. The minimum atomic E-state index is 0.123. The molecular formula is C13H18ClN5S. The van der Waals surface area contributed by atoms with Crippen molar-refractivity contribution in [1.29, 1.82) is 0 Å². The molecule has 0 saturated carbocycles. The van der Waals surface area contributed by atoms with Gasteiger partial charge < -0.3 is 11.1 Å². The average molecular weight is 312 g/mol. The van der Waals surface area contributed by atoms with Crippen molar-refractivity contribution in [1.82, 2.24) is 15.0 Å². The maximum atomic E-state index is 6.14. The molecule has 7 heteroatoms. The van der Waals surface area contributed by atoms with E-state index in [9.17, 15) is 0 Å². The van der Waals surface area contributed by atoms with Crippen molar-refractivity contribution in [3.8, 4) is 0 Å². The molecule has 0 bridgehead atoms. The first-order chi connectivity index (χ1) is 9.53. The van der Waals surface area contributed by atoms with E-state index in [0.717, 1.165) is 22.7 Å². The molecule has 0 saturated heterocycles. The highest BCUT2D eigenvalue weighted by atomic mass is 35.5. The number of thiophene rings is 1. The first-order valence-corrected chi connectivity index (χ1v) is 7.75. The van der Waals surface area contributed by atoms with E-state index in [1.54, 1.807) is 11.3 Å². The number of nitrogen functional groups attached to an aromatic ring is 1. The smallest absolute Gasteiger partial charge is 0.228 e. The van der Waals surface area contributed by atoms with Crippen LogP contribution in [0.4, 0.5) is 11.9 Å². The minimum Gasteiger partial charge on any atom is -0.368 e. The standard InChI is InChI=1S/C13H18ClN5S/c1-4-8(9-6-7(3)11(14)20-9)16-13-18-10(5-2)17-12(15)19-13/h6,8H,4-5H2,1-3H3,(H3,15,16,17,18,19). The van der Waals surface area contributed by atoms with Crippen molar-refractivity contribution in [2.24, 2.45) is 0 Å². The lowest BCUT2D eigenvalue weighted by atomic mass is 10.2. The Labute approximate surface area is 127 Å². The zero-order chi connectivity index (χ0) is 14.7. The number of aryl methyl sites for hydroxylation is 2. The van der Waals surface area contributed by atoms with Gasteiger partial charge in [0.25, 0.3) is 0 Å². The van der Waals surface area contributed by atoms with E-state index in [-0.39, 0.29) is 12.0 Å². The van der Waals surface area contributed by atoms with Crippen LogP contribution in [0.1, 0.15) is 42.6 Å². The van der Waals surface area contributed by atoms with E-state index in [1.165, 1.54) is 4.88 Å². The lowest BCUT2D eigenvalue weighted by molar-refractivity contribution is 0.745. The summed E-state index contributed by atoms with van der Waals surface area (Å²) in [7, 11) is 0. The summed E-state index contributed by atoms with van der Waals surface area (Å²) in [5, 5.41) is 3.31. The highest BCUT2D eigenvalue weighted by molar-refractivity contribution is 7.16. The lowest BCUT2D eigenvalue weighted by Crippen LogP contribution is -2.13. The molecule has 0 aromatic carbocycles. The predicted molar refractivity (Wildman–Crippen MR) is 84.3 cm³/mol. The van der Waals surface area contributed by atoms with Crippen LogP contribution in [-0.4, -0.2) is 15.0 Å². The van der Waals surface area contributed by atoms with E-state index in [4.69, 9.17) is 17.3 Å². The molecule has 0 aliphatic heterocycles. The Hall–Kier alpha value is -1.40. The number of rotatable bonds is 5. The summed E-state index contributed by atoms with van der Waals surface area (Å²) in [5.74, 6) is 1.45. The van der Waals surface area contributed by atoms with Crippen LogP contribution in [-0.2, 0) is 6.42 Å². The number of nitrogens with zero attached hydrogens (tertiary/aromatic N) is 3. The predicted octanol–water partition coefficient (Wildman–Crippen LogP) is 3.60. The molecule has 0 aliphatic carbocycles. The molecule has 2 rings (SSSR count). The van der Waals surface area contributed by atoms with Crippen molar-refractivity contribution >= 4 is 34.8 Å². The third-order valence-electron chi connectivity index (χ3n) is 2.95. The van der Waals surface area contributed by atoms with Crippen molar-refractivity contribution in [2.75, 3.05) is 11.1 Å². The topological polar surface area (TPSA) is 76.7 Å². The number of anilines is 2. The largest absolute Gasteiger partial charge is 0.368 e. The van der Waals surface area contributed by atoms with Gasteiger partial charge in [-0.15, -0.1) is 11.3 Å². The number of hydrogen-bond acceptors (Lipinski definition) is 6. The molecule has 0 spiro atoms. The summed E-state index contributed by atoms with van der Waals surface area (Å²) in [4.78, 5) is 13.7. The SMILES string of the molecule is CCc1nc(N)nc(NC(CC)c2cc(C)c(Cl)s2)n1. The Bertz CT molecular complexity index is 579. The third kappa shape index (κ3) is 3.37. The molecule has 3 N–H and O–H groups in total. The Morgan fingerprint density at radius 2 is 2.10 bits per heavy atom. The van der Waals surface area contributed by atoms with Crippen LogP contribution >= 0.6 is 22.9 Å². The molecule has 1 unspecified atom stereocenters. The molecule has 20 heavy (non-hydrogen) atoms.